The van der Waals surface area contributed by atoms with Crippen molar-refractivity contribution >= 4 is 29.0 Å². The predicted molar refractivity (Wildman–Crippen MR) is 107 cm³/mol. The maximum absolute atomic E-state index is 4.56. The van der Waals surface area contributed by atoms with E-state index in [4.69, 9.17) is 0 Å². The second-order valence-electron chi connectivity index (χ2n) is 6.05. The number of aryl methyl sites for hydroxylation is 1. The molecule has 0 atom stereocenters. The average Bonchev–Trinajstić information content (AvgIpc) is 3.10. The summed E-state index contributed by atoms with van der Waals surface area (Å²) in [4.78, 5) is 6.14. The van der Waals surface area contributed by atoms with Crippen LogP contribution in [0.15, 0.2) is 83.9 Å². The third-order valence-electron chi connectivity index (χ3n) is 4.03. The minimum atomic E-state index is 0.826. The van der Waals surface area contributed by atoms with Crippen LogP contribution in [0, 0.1) is 6.92 Å². The Balaban J connectivity index is 1.55. The fraction of sp³-hybridized carbons (Fsp3) is 0.0455. The fourth-order valence-electron chi connectivity index (χ4n) is 2.62. The molecule has 3 aromatic carbocycles. The van der Waals surface area contributed by atoms with Crippen LogP contribution in [0.1, 0.15) is 11.1 Å². The zero-order valence-electron chi connectivity index (χ0n) is 14.4. The maximum Gasteiger partial charge on any atom is 0.115 e. The summed E-state index contributed by atoms with van der Waals surface area (Å²) < 4.78 is 0. The van der Waals surface area contributed by atoms with Crippen molar-refractivity contribution in [1.82, 2.24) is 15.0 Å². The van der Waals surface area contributed by atoms with E-state index in [0.29, 0.717) is 0 Å². The van der Waals surface area contributed by atoms with Gasteiger partial charge >= 0.3 is 0 Å². The van der Waals surface area contributed by atoms with Crippen LogP contribution in [-0.4, -0.2) is 21.2 Å². The zero-order valence-corrected chi connectivity index (χ0v) is 14.4. The number of aliphatic imine (C=N–C) groups is 1. The number of rotatable bonds is 4. The Kier molecular flexibility index (Phi) is 4.39. The molecule has 0 aliphatic carbocycles. The van der Waals surface area contributed by atoms with E-state index >= 15 is 0 Å². The van der Waals surface area contributed by atoms with E-state index in [-0.39, 0.29) is 0 Å². The zero-order chi connectivity index (χ0) is 17.8. The topological polar surface area (TPSA) is 43.1 Å². The van der Waals surface area contributed by atoms with E-state index in [1.54, 1.807) is 11.0 Å². The van der Waals surface area contributed by atoms with E-state index < -0.39 is 0 Å². The monoisotopic (exact) mass is 338 g/mol. The van der Waals surface area contributed by atoms with Crippen LogP contribution < -0.4 is 0 Å². The van der Waals surface area contributed by atoms with Gasteiger partial charge in [-0.3, -0.25) is 4.99 Å². The van der Waals surface area contributed by atoms with Gasteiger partial charge in [-0.15, -0.1) is 10.2 Å². The lowest BCUT2D eigenvalue weighted by Gasteiger charge is -1.98. The van der Waals surface area contributed by atoms with Crippen molar-refractivity contribution in [3.63, 3.8) is 0 Å². The summed E-state index contributed by atoms with van der Waals surface area (Å²) in [5, 5.41) is 9.09. The summed E-state index contributed by atoms with van der Waals surface area (Å²) in [5.41, 5.74) is 5.84. The van der Waals surface area contributed by atoms with E-state index in [9.17, 15) is 0 Å². The molecule has 1 heterocycles. The van der Waals surface area contributed by atoms with Gasteiger partial charge in [-0.05, 0) is 48.9 Å². The van der Waals surface area contributed by atoms with Gasteiger partial charge in [-0.2, -0.15) is 4.80 Å². The Morgan fingerprint density at radius 1 is 0.846 bits per heavy atom. The van der Waals surface area contributed by atoms with Crippen LogP contribution in [-0.2, 0) is 0 Å². The van der Waals surface area contributed by atoms with Crippen LogP contribution in [0.3, 0.4) is 0 Å². The molecule has 0 aliphatic heterocycles. The number of fused-ring (bicyclic) bond motifs is 1. The summed E-state index contributed by atoms with van der Waals surface area (Å²) >= 11 is 0. The predicted octanol–water partition coefficient (Wildman–Crippen LogP) is 5.14. The fourth-order valence-corrected chi connectivity index (χ4v) is 2.62. The van der Waals surface area contributed by atoms with Crippen molar-refractivity contribution in [2.45, 2.75) is 6.92 Å². The second-order valence-corrected chi connectivity index (χ2v) is 6.05. The Bertz CT molecular complexity index is 1070. The number of benzene rings is 3. The van der Waals surface area contributed by atoms with E-state index in [2.05, 4.69) is 46.4 Å². The van der Waals surface area contributed by atoms with Crippen LogP contribution in [0.4, 0.5) is 5.69 Å². The molecule has 0 saturated carbocycles. The first kappa shape index (κ1) is 16.0. The average molecular weight is 338 g/mol. The smallest absolute Gasteiger partial charge is 0.115 e. The summed E-state index contributed by atoms with van der Waals surface area (Å²) in [7, 11) is 0. The minimum absolute atomic E-state index is 0.826. The molecular formula is C22H18N4. The second kappa shape index (κ2) is 7.15. The van der Waals surface area contributed by atoms with E-state index in [0.717, 1.165) is 28.0 Å². The third-order valence-corrected chi connectivity index (χ3v) is 4.03. The highest BCUT2D eigenvalue weighted by atomic mass is 15.5. The number of hydrogen-bond donors (Lipinski definition) is 0. The number of nitrogens with zero attached hydrogens (tertiary/aromatic N) is 4. The molecule has 26 heavy (non-hydrogen) atoms. The van der Waals surface area contributed by atoms with Gasteiger partial charge < -0.3 is 0 Å². The number of aromatic nitrogens is 3. The summed E-state index contributed by atoms with van der Waals surface area (Å²) in [6, 6.07) is 24.1. The molecule has 1 aromatic heterocycles. The Hall–Kier alpha value is -3.53. The van der Waals surface area contributed by atoms with E-state index in [1.165, 1.54) is 5.56 Å². The summed E-state index contributed by atoms with van der Waals surface area (Å²) in [6.45, 7) is 2.06. The van der Waals surface area contributed by atoms with Crippen LogP contribution in [0.2, 0.25) is 0 Å². The van der Waals surface area contributed by atoms with Gasteiger partial charge in [0, 0.05) is 6.21 Å². The van der Waals surface area contributed by atoms with Crippen molar-refractivity contribution in [3.05, 3.63) is 90.0 Å². The van der Waals surface area contributed by atoms with Crippen LogP contribution in [0.5, 0.6) is 0 Å². The quantitative estimate of drug-likeness (QED) is 0.483. The van der Waals surface area contributed by atoms with Crippen LogP contribution in [0.25, 0.3) is 22.8 Å². The molecule has 0 saturated heterocycles. The molecule has 0 fully saturated rings. The summed E-state index contributed by atoms with van der Waals surface area (Å²) in [6.07, 6.45) is 5.75. The molecule has 126 valence electrons. The molecule has 0 radical (unpaired) electrons. The largest absolute Gasteiger partial charge is 0.257 e. The van der Waals surface area contributed by atoms with Gasteiger partial charge in [0.1, 0.15) is 11.0 Å². The lowest BCUT2D eigenvalue weighted by molar-refractivity contribution is 0.765. The van der Waals surface area contributed by atoms with Crippen molar-refractivity contribution in [1.29, 1.82) is 0 Å². The molecule has 0 unspecified atom stereocenters. The molecule has 4 aromatic rings. The van der Waals surface area contributed by atoms with Gasteiger partial charge in [-0.25, -0.2) is 0 Å². The molecule has 0 amide bonds. The molecule has 0 spiro atoms. The first-order valence-electron chi connectivity index (χ1n) is 8.48. The molecule has 4 heteroatoms. The first-order chi connectivity index (χ1) is 12.8. The van der Waals surface area contributed by atoms with Gasteiger partial charge in [0.15, 0.2) is 0 Å². The molecule has 4 nitrogen and oxygen atoms in total. The molecule has 0 N–H and O–H groups in total. The first-order valence-corrected chi connectivity index (χ1v) is 8.48. The van der Waals surface area contributed by atoms with Gasteiger partial charge in [0.25, 0.3) is 0 Å². The van der Waals surface area contributed by atoms with Gasteiger partial charge in [0.05, 0.1) is 11.4 Å². The normalized spacial score (nSPS) is 11.7. The highest BCUT2D eigenvalue weighted by Crippen LogP contribution is 2.19. The lowest BCUT2D eigenvalue weighted by atomic mass is 10.2. The van der Waals surface area contributed by atoms with Gasteiger partial charge in [0.2, 0.25) is 0 Å². The standard InChI is InChI=1S/C22H18N4/c1-17-9-12-20(13-10-17)26-24-21-14-11-19(16-22(21)25-26)23-15-5-8-18-6-3-2-4-7-18/h2-16H,1H3/b8-5+,23-15?. The lowest BCUT2D eigenvalue weighted by Crippen LogP contribution is -1.97. The SMILES string of the molecule is Cc1ccc(-n2nc3ccc(N=C/C=C/c4ccccc4)cc3n2)cc1. The summed E-state index contributed by atoms with van der Waals surface area (Å²) in [5.74, 6) is 0. The molecule has 4 rings (SSSR count). The van der Waals surface area contributed by atoms with Crippen molar-refractivity contribution in [2.75, 3.05) is 0 Å². The highest BCUT2D eigenvalue weighted by Gasteiger charge is 2.05. The maximum atomic E-state index is 4.56. The third kappa shape index (κ3) is 3.59. The number of allylic oxidation sites excluding steroid dienone is 1. The van der Waals surface area contributed by atoms with Crippen molar-refractivity contribution in [3.8, 4) is 5.69 Å². The van der Waals surface area contributed by atoms with Gasteiger partial charge in [-0.1, -0.05) is 54.1 Å². The van der Waals surface area contributed by atoms with Crippen LogP contribution >= 0.6 is 0 Å². The minimum Gasteiger partial charge on any atom is -0.257 e. The van der Waals surface area contributed by atoms with E-state index in [1.807, 2.05) is 60.7 Å². The van der Waals surface area contributed by atoms with Crippen molar-refractivity contribution < 1.29 is 0 Å². The number of hydrogen-bond acceptors (Lipinski definition) is 3. The Morgan fingerprint density at radius 3 is 2.42 bits per heavy atom. The highest BCUT2D eigenvalue weighted by molar-refractivity contribution is 5.83. The Labute approximate surface area is 152 Å². The van der Waals surface area contributed by atoms with Crippen molar-refractivity contribution in [2.24, 2.45) is 4.99 Å². The molecular weight excluding hydrogens is 320 g/mol. The molecule has 0 bridgehead atoms. The Morgan fingerprint density at radius 2 is 1.62 bits per heavy atom. The molecule has 0 aliphatic rings.